The summed E-state index contributed by atoms with van der Waals surface area (Å²) < 4.78 is 10.8. The molecule has 9 heteroatoms. The monoisotopic (exact) mass is 438 g/mol. The molecule has 1 aromatic carbocycles. The zero-order valence-electron chi connectivity index (χ0n) is 19.3. The first-order valence-electron chi connectivity index (χ1n) is 10.4. The summed E-state index contributed by atoms with van der Waals surface area (Å²) in [5.74, 6) is 1.79. The standard InChI is InChI=1S/C23H30N6O3/c1-22(2,3)17-13-19(29-28-17)26-18-10-11-24-21(27-18)25-15-8-7-9-16(12-15)31-14-20(30)32-23(4,5)6/h7-13H,14H2,1-6H3,(H3,24,25,26,27,28,29). The minimum atomic E-state index is -0.551. The van der Waals surface area contributed by atoms with Crippen LogP contribution in [0.1, 0.15) is 47.2 Å². The van der Waals surface area contributed by atoms with Gasteiger partial charge < -0.3 is 20.1 Å². The number of anilines is 4. The number of nitrogens with one attached hydrogen (secondary N) is 3. The minimum absolute atomic E-state index is 0.0259. The molecule has 0 aliphatic heterocycles. The quantitative estimate of drug-likeness (QED) is 0.455. The van der Waals surface area contributed by atoms with E-state index in [1.54, 1.807) is 24.4 Å². The highest BCUT2D eigenvalue weighted by atomic mass is 16.6. The van der Waals surface area contributed by atoms with Gasteiger partial charge >= 0.3 is 5.97 Å². The second-order valence-corrected chi connectivity index (χ2v) is 9.34. The van der Waals surface area contributed by atoms with Crippen molar-refractivity contribution < 1.29 is 14.3 Å². The molecule has 0 saturated carbocycles. The second-order valence-electron chi connectivity index (χ2n) is 9.34. The number of hydrogen-bond donors (Lipinski definition) is 3. The van der Waals surface area contributed by atoms with Gasteiger partial charge in [-0.25, -0.2) is 9.78 Å². The first-order valence-corrected chi connectivity index (χ1v) is 10.4. The van der Waals surface area contributed by atoms with Crippen molar-refractivity contribution >= 4 is 29.2 Å². The van der Waals surface area contributed by atoms with Crippen LogP contribution >= 0.6 is 0 Å². The molecule has 0 spiro atoms. The Balaban J connectivity index is 1.62. The predicted molar refractivity (Wildman–Crippen MR) is 124 cm³/mol. The third-order valence-electron chi connectivity index (χ3n) is 4.16. The van der Waals surface area contributed by atoms with Crippen LogP contribution in [-0.4, -0.2) is 38.3 Å². The van der Waals surface area contributed by atoms with E-state index in [1.165, 1.54) is 0 Å². The molecule has 0 saturated heterocycles. The van der Waals surface area contributed by atoms with Crippen LogP contribution in [0.25, 0.3) is 0 Å². The minimum Gasteiger partial charge on any atom is -0.482 e. The highest BCUT2D eigenvalue weighted by Crippen LogP contribution is 2.24. The van der Waals surface area contributed by atoms with Crippen LogP contribution in [0.5, 0.6) is 5.75 Å². The van der Waals surface area contributed by atoms with Crippen molar-refractivity contribution in [2.75, 3.05) is 17.2 Å². The number of esters is 1. The molecule has 170 valence electrons. The van der Waals surface area contributed by atoms with Crippen LogP contribution in [0.3, 0.4) is 0 Å². The van der Waals surface area contributed by atoms with Gasteiger partial charge in [0.1, 0.15) is 17.2 Å². The van der Waals surface area contributed by atoms with Crippen LogP contribution < -0.4 is 15.4 Å². The molecule has 3 aromatic rings. The maximum atomic E-state index is 11.9. The van der Waals surface area contributed by atoms with E-state index in [-0.39, 0.29) is 12.0 Å². The van der Waals surface area contributed by atoms with E-state index in [4.69, 9.17) is 9.47 Å². The third-order valence-corrected chi connectivity index (χ3v) is 4.16. The molecule has 0 unspecified atom stereocenters. The number of benzene rings is 1. The molecule has 9 nitrogen and oxygen atoms in total. The van der Waals surface area contributed by atoms with Crippen molar-refractivity contribution in [3.05, 3.63) is 48.3 Å². The smallest absolute Gasteiger partial charge is 0.344 e. The number of nitrogens with zero attached hydrogens (tertiary/aromatic N) is 3. The van der Waals surface area contributed by atoms with Crippen molar-refractivity contribution in [1.29, 1.82) is 0 Å². The topological polar surface area (TPSA) is 114 Å². The fraction of sp³-hybridized carbons (Fsp3) is 0.391. The van der Waals surface area contributed by atoms with Crippen LogP contribution in [0.15, 0.2) is 42.6 Å². The molecule has 0 aliphatic rings. The number of aromatic nitrogens is 4. The molecular weight excluding hydrogens is 408 g/mol. The average Bonchev–Trinajstić information content (AvgIpc) is 3.15. The van der Waals surface area contributed by atoms with E-state index in [2.05, 4.69) is 51.6 Å². The zero-order valence-corrected chi connectivity index (χ0v) is 19.3. The molecule has 3 N–H and O–H groups in total. The Morgan fingerprint density at radius 3 is 2.50 bits per heavy atom. The van der Waals surface area contributed by atoms with Gasteiger partial charge in [-0.15, -0.1) is 0 Å². The van der Waals surface area contributed by atoms with Crippen molar-refractivity contribution in [3.8, 4) is 5.75 Å². The van der Waals surface area contributed by atoms with Gasteiger partial charge in [-0.2, -0.15) is 10.1 Å². The molecule has 0 amide bonds. The van der Waals surface area contributed by atoms with Crippen LogP contribution in [0.4, 0.5) is 23.3 Å². The van der Waals surface area contributed by atoms with E-state index in [1.807, 2.05) is 39.0 Å². The summed E-state index contributed by atoms with van der Waals surface area (Å²) in [7, 11) is 0. The van der Waals surface area contributed by atoms with Gasteiger partial charge in [0.05, 0.1) is 0 Å². The van der Waals surface area contributed by atoms with E-state index in [9.17, 15) is 4.79 Å². The molecule has 0 radical (unpaired) electrons. The Hall–Kier alpha value is -3.62. The molecule has 0 aliphatic carbocycles. The summed E-state index contributed by atoms with van der Waals surface area (Å²) in [6, 6.07) is 10.9. The lowest BCUT2D eigenvalue weighted by molar-refractivity contribution is -0.157. The lowest BCUT2D eigenvalue weighted by Gasteiger charge is -2.19. The van der Waals surface area contributed by atoms with E-state index >= 15 is 0 Å². The molecule has 0 atom stereocenters. The Labute approximate surface area is 188 Å². The molecular formula is C23H30N6O3. The maximum absolute atomic E-state index is 11.9. The van der Waals surface area contributed by atoms with Crippen molar-refractivity contribution in [2.45, 2.75) is 52.6 Å². The Morgan fingerprint density at radius 2 is 1.81 bits per heavy atom. The van der Waals surface area contributed by atoms with Crippen molar-refractivity contribution in [1.82, 2.24) is 20.2 Å². The van der Waals surface area contributed by atoms with Crippen molar-refractivity contribution in [3.63, 3.8) is 0 Å². The van der Waals surface area contributed by atoms with Gasteiger partial charge in [0, 0.05) is 35.1 Å². The fourth-order valence-electron chi connectivity index (χ4n) is 2.70. The molecule has 2 heterocycles. The first-order chi connectivity index (χ1) is 15.0. The van der Waals surface area contributed by atoms with Crippen molar-refractivity contribution in [2.24, 2.45) is 0 Å². The lowest BCUT2D eigenvalue weighted by Crippen LogP contribution is -2.27. The van der Waals surface area contributed by atoms with E-state index in [0.29, 0.717) is 23.3 Å². The highest BCUT2D eigenvalue weighted by molar-refractivity contribution is 5.71. The lowest BCUT2D eigenvalue weighted by atomic mass is 9.92. The first kappa shape index (κ1) is 23.1. The number of carbonyl (C=O) groups excluding carboxylic acids is 1. The number of rotatable bonds is 7. The normalized spacial score (nSPS) is 11.7. The summed E-state index contributed by atoms with van der Waals surface area (Å²) in [5, 5.41) is 13.6. The SMILES string of the molecule is CC(C)(C)OC(=O)COc1cccc(Nc2nccc(Nc3cc(C(C)(C)C)[nH]n3)n2)c1. The molecule has 32 heavy (non-hydrogen) atoms. The number of H-pyrrole nitrogens is 1. The van der Waals surface area contributed by atoms with Gasteiger partial charge in [-0.1, -0.05) is 26.8 Å². The van der Waals surface area contributed by atoms with Gasteiger partial charge in [0.2, 0.25) is 5.95 Å². The number of ether oxygens (including phenoxy) is 2. The zero-order chi connectivity index (χ0) is 23.4. The molecule has 0 fully saturated rings. The second kappa shape index (κ2) is 9.25. The van der Waals surface area contributed by atoms with E-state index < -0.39 is 11.6 Å². The summed E-state index contributed by atoms with van der Waals surface area (Å²) in [6.45, 7) is 11.6. The predicted octanol–water partition coefficient (Wildman–Crippen LogP) is 4.70. The fourth-order valence-corrected chi connectivity index (χ4v) is 2.70. The van der Waals surface area contributed by atoms with Gasteiger partial charge in [-0.05, 0) is 39.0 Å². The van der Waals surface area contributed by atoms with Crippen LogP contribution in [0.2, 0.25) is 0 Å². The average molecular weight is 439 g/mol. The Kier molecular flexibility index (Phi) is 6.67. The molecule has 3 rings (SSSR count). The maximum Gasteiger partial charge on any atom is 0.344 e. The van der Waals surface area contributed by atoms with Gasteiger partial charge in [0.25, 0.3) is 0 Å². The number of aromatic amines is 1. The molecule has 2 aromatic heterocycles. The van der Waals surface area contributed by atoms with Gasteiger partial charge in [-0.3, -0.25) is 5.10 Å². The third kappa shape index (κ3) is 6.97. The molecule has 0 bridgehead atoms. The number of carbonyl (C=O) groups is 1. The summed E-state index contributed by atoms with van der Waals surface area (Å²) in [5.41, 5.74) is 1.17. The Bertz CT molecular complexity index is 1070. The van der Waals surface area contributed by atoms with Crippen LogP contribution in [0, 0.1) is 0 Å². The summed E-state index contributed by atoms with van der Waals surface area (Å²) in [4.78, 5) is 20.6. The number of hydrogen-bond acceptors (Lipinski definition) is 8. The summed E-state index contributed by atoms with van der Waals surface area (Å²) in [6.07, 6.45) is 1.65. The highest BCUT2D eigenvalue weighted by Gasteiger charge is 2.17. The Morgan fingerprint density at radius 1 is 1.03 bits per heavy atom. The largest absolute Gasteiger partial charge is 0.482 e. The van der Waals surface area contributed by atoms with E-state index in [0.717, 1.165) is 11.4 Å². The summed E-state index contributed by atoms with van der Waals surface area (Å²) >= 11 is 0. The van der Waals surface area contributed by atoms with Crippen LogP contribution in [-0.2, 0) is 14.9 Å². The van der Waals surface area contributed by atoms with Gasteiger partial charge in [0.15, 0.2) is 12.4 Å².